The molecule has 2 rings (SSSR count). The van der Waals surface area contributed by atoms with Gasteiger partial charge in [-0.3, -0.25) is 0 Å². The van der Waals surface area contributed by atoms with E-state index in [4.69, 9.17) is 11.5 Å². The van der Waals surface area contributed by atoms with Crippen LogP contribution in [0.5, 0.6) is 0 Å². The van der Waals surface area contributed by atoms with Crippen molar-refractivity contribution in [3.8, 4) is 0 Å². The zero-order valence-electron chi connectivity index (χ0n) is 9.37. The van der Waals surface area contributed by atoms with Gasteiger partial charge < -0.3 is 16.8 Å². The van der Waals surface area contributed by atoms with Crippen molar-refractivity contribution in [3.05, 3.63) is 40.4 Å². The van der Waals surface area contributed by atoms with Gasteiger partial charge in [0.25, 0.3) is 0 Å². The minimum atomic E-state index is 0.336. The van der Waals surface area contributed by atoms with Crippen LogP contribution in [-0.4, -0.2) is 4.98 Å². The number of anilines is 4. The van der Waals surface area contributed by atoms with Gasteiger partial charge in [-0.2, -0.15) is 0 Å². The summed E-state index contributed by atoms with van der Waals surface area (Å²) in [5, 5.41) is 3.20. The molecule has 0 aliphatic rings. The highest BCUT2D eigenvalue weighted by Gasteiger charge is 2.03. The third-order valence-corrected chi connectivity index (χ3v) is 2.91. The normalized spacial score (nSPS) is 10.2. The summed E-state index contributed by atoms with van der Waals surface area (Å²) >= 11 is 3.43. The van der Waals surface area contributed by atoms with Gasteiger partial charge >= 0.3 is 0 Å². The van der Waals surface area contributed by atoms with Gasteiger partial charge in [0.05, 0.1) is 5.69 Å². The molecule has 0 aliphatic heterocycles. The van der Waals surface area contributed by atoms with Crippen molar-refractivity contribution in [1.82, 2.24) is 4.98 Å². The second-order valence-electron chi connectivity index (χ2n) is 3.76. The molecule has 0 aliphatic carbocycles. The second kappa shape index (κ2) is 4.63. The van der Waals surface area contributed by atoms with Crippen molar-refractivity contribution >= 4 is 38.9 Å². The van der Waals surface area contributed by atoms with Crippen LogP contribution in [0.3, 0.4) is 0 Å². The lowest BCUT2D eigenvalue weighted by atomic mass is 10.2. The summed E-state index contributed by atoms with van der Waals surface area (Å²) in [5.74, 6) is 1.01. The van der Waals surface area contributed by atoms with E-state index < -0.39 is 0 Å². The van der Waals surface area contributed by atoms with Crippen molar-refractivity contribution in [2.24, 2.45) is 0 Å². The number of aromatic nitrogens is 1. The van der Waals surface area contributed by atoms with Crippen LogP contribution >= 0.6 is 15.9 Å². The van der Waals surface area contributed by atoms with Crippen LogP contribution in [0, 0.1) is 6.92 Å². The first-order chi connectivity index (χ1) is 8.06. The quantitative estimate of drug-likeness (QED) is 0.795. The van der Waals surface area contributed by atoms with Crippen LogP contribution < -0.4 is 16.8 Å². The number of halogens is 1. The van der Waals surface area contributed by atoms with E-state index in [0.717, 1.165) is 15.7 Å². The van der Waals surface area contributed by atoms with Gasteiger partial charge in [0.15, 0.2) is 0 Å². The van der Waals surface area contributed by atoms with E-state index in [2.05, 4.69) is 26.2 Å². The molecule has 0 radical (unpaired) electrons. The molecular formula is C12H13BrN4. The van der Waals surface area contributed by atoms with E-state index in [-0.39, 0.29) is 0 Å². The van der Waals surface area contributed by atoms with E-state index in [0.29, 0.717) is 17.3 Å². The average Bonchev–Trinajstić information content (AvgIpc) is 2.29. The van der Waals surface area contributed by atoms with Gasteiger partial charge in [-0.05, 0) is 36.8 Å². The Labute approximate surface area is 108 Å². The molecule has 88 valence electrons. The Kier molecular flexibility index (Phi) is 3.19. The van der Waals surface area contributed by atoms with Crippen LogP contribution in [0.15, 0.2) is 34.8 Å². The van der Waals surface area contributed by atoms with Crippen molar-refractivity contribution in [2.75, 3.05) is 16.8 Å². The molecule has 17 heavy (non-hydrogen) atoms. The Balaban J connectivity index is 2.31. The first-order valence-corrected chi connectivity index (χ1v) is 5.91. The Bertz CT molecular complexity index is 554. The van der Waals surface area contributed by atoms with Gasteiger partial charge in [-0.15, -0.1) is 0 Å². The summed E-state index contributed by atoms with van der Waals surface area (Å²) in [7, 11) is 0. The number of benzene rings is 1. The molecule has 1 heterocycles. The summed E-state index contributed by atoms with van der Waals surface area (Å²) in [5.41, 5.74) is 13.9. The summed E-state index contributed by atoms with van der Waals surface area (Å²) in [6.45, 7) is 2.02. The third-order valence-electron chi connectivity index (χ3n) is 2.42. The Morgan fingerprint density at radius 3 is 2.65 bits per heavy atom. The molecule has 1 aromatic heterocycles. The molecule has 5 heteroatoms. The fraction of sp³-hybridized carbons (Fsp3) is 0.0833. The van der Waals surface area contributed by atoms with Gasteiger partial charge in [0.2, 0.25) is 0 Å². The summed E-state index contributed by atoms with van der Waals surface area (Å²) in [6, 6.07) is 9.53. The molecule has 0 unspecified atom stereocenters. The number of aryl methyl sites for hydroxylation is 1. The molecule has 0 fully saturated rings. The largest absolute Gasteiger partial charge is 0.396 e. The minimum Gasteiger partial charge on any atom is -0.396 e. The van der Waals surface area contributed by atoms with E-state index >= 15 is 0 Å². The SMILES string of the molecule is Cc1ccc(Br)cc1Nc1ccc(N)c(N)n1. The maximum Gasteiger partial charge on any atom is 0.149 e. The first kappa shape index (κ1) is 11.7. The van der Waals surface area contributed by atoms with Crippen molar-refractivity contribution < 1.29 is 0 Å². The number of nitrogen functional groups attached to an aromatic ring is 2. The number of nitrogens with two attached hydrogens (primary N) is 2. The number of hydrogen-bond donors (Lipinski definition) is 3. The maximum atomic E-state index is 5.66. The van der Waals surface area contributed by atoms with Crippen molar-refractivity contribution in [2.45, 2.75) is 6.92 Å². The smallest absolute Gasteiger partial charge is 0.149 e. The molecule has 0 saturated carbocycles. The predicted molar refractivity (Wildman–Crippen MR) is 75.2 cm³/mol. The van der Waals surface area contributed by atoms with E-state index in [1.54, 1.807) is 12.1 Å². The number of hydrogen-bond acceptors (Lipinski definition) is 4. The molecule has 0 amide bonds. The Morgan fingerprint density at radius 2 is 1.94 bits per heavy atom. The lowest BCUT2D eigenvalue weighted by Crippen LogP contribution is -2.01. The van der Waals surface area contributed by atoms with Crippen LogP contribution in [0.25, 0.3) is 0 Å². The van der Waals surface area contributed by atoms with E-state index in [1.165, 1.54) is 0 Å². The van der Waals surface area contributed by atoms with Gasteiger partial charge in [0.1, 0.15) is 11.6 Å². The van der Waals surface area contributed by atoms with Crippen LogP contribution in [0.4, 0.5) is 23.0 Å². The molecule has 2 aromatic rings. The lowest BCUT2D eigenvalue weighted by Gasteiger charge is -2.10. The maximum absolute atomic E-state index is 5.66. The molecule has 4 nitrogen and oxygen atoms in total. The third kappa shape index (κ3) is 2.68. The van der Waals surface area contributed by atoms with Crippen LogP contribution in [-0.2, 0) is 0 Å². The Morgan fingerprint density at radius 1 is 1.18 bits per heavy atom. The molecule has 0 saturated heterocycles. The molecule has 0 spiro atoms. The fourth-order valence-corrected chi connectivity index (χ4v) is 1.78. The highest BCUT2D eigenvalue weighted by Crippen LogP contribution is 2.24. The van der Waals surface area contributed by atoms with Crippen molar-refractivity contribution in [3.63, 3.8) is 0 Å². The van der Waals surface area contributed by atoms with Gasteiger partial charge in [-0.25, -0.2) is 4.98 Å². The number of nitrogens with zero attached hydrogens (tertiary/aromatic N) is 1. The monoisotopic (exact) mass is 292 g/mol. The number of pyridine rings is 1. The molecule has 1 aromatic carbocycles. The zero-order chi connectivity index (χ0) is 12.4. The highest BCUT2D eigenvalue weighted by atomic mass is 79.9. The number of nitrogens with one attached hydrogen (secondary N) is 1. The minimum absolute atomic E-state index is 0.336. The fourth-order valence-electron chi connectivity index (χ4n) is 1.42. The van der Waals surface area contributed by atoms with Crippen LogP contribution in [0.1, 0.15) is 5.56 Å². The van der Waals surface area contributed by atoms with E-state index in [1.807, 2.05) is 25.1 Å². The lowest BCUT2D eigenvalue weighted by molar-refractivity contribution is 1.30. The summed E-state index contributed by atoms with van der Waals surface area (Å²) < 4.78 is 1.01. The molecule has 0 atom stereocenters. The topological polar surface area (TPSA) is 77.0 Å². The van der Waals surface area contributed by atoms with Crippen molar-refractivity contribution in [1.29, 1.82) is 0 Å². The zero-order valence-corrected chi connectivity index (χ0v) is 11.0. The summed E-state index contributed by atoms with van der Waals surface area (Å²) in [6.07, 6.45) is 0. The van der Waals surface area contributed by atoms with E-state index in [9.17, 15) is 0 Å². The standard InChI is InChI=1S/C12H13BrN4/c1-7-2-3-8(13)6-10(7)16-11-5-4-9(14)12(15)17-11/h2-6H,14H2,1H3,(H3,15,16,17). The van der Waals surface area contributed by atoms with Gasteiger partial charge in [0, 0.05) is 10.2 Å². The second-order valence-corrected chi connectivity index (χ2v) is 4.67. The van der Waals surface area contributed by atoms with Gasteiger partial charge in [-0.1, -0.05) is 22.0 Å². The molecule has 5 N–H and O–H groups in total. The average molecular weight is 293 g/mol. The first-order valence-electron chi connectivity index (χ1n) is 5.11. The number of rotatable bonds is 2. The Hall–Kier alpha value is -1.75. The molecule has 0 bridgehead atoms. The predicted octanol–water partition coefficient (Wildman–Crippen LogP) is 3.06. The summed E-state index contributed by atoms with van der Waals surface area (Å²) in [4.78, 5) is 4.17. The van der Waals surface area contributed by atoms with Crippen LogP contribution in [0.2, 0.25) is 0 Å². The highest BCUT2D eigenvalue weighted by molar-refractivity contribution is 9.10. The molecular weight excluding hydrogens is 280 g/mol.